The van der Waals surface area contributed by atoms with Gasteiger partial charge in [-0.1, -0.05) is 33.6 Å². The van der Waals surface area contributed by atoms with E-state index in [1.54, 1.807) is 6.07 Å². The smallest absolute Gasteiger partial charge is 0.138 e. The summed E-state index contributed by atoms with van der Waals surface area (Å²) in [5.41, 5.74) is 1.09. The second-order valence-electron chi connectivity index (χ2n) is 3.05. The van der Waals surface area contributed by atoms with E-state index in [0.29, 0.717) is 16.1 Å². The van der Waals surface area contributed by atoms with E-state index in [1.165, 1.54) is 0 Å². The summed E-state index contributed by atoms with van der Waals surface area (Å²) < 4.78 is 5.33. The fourth-order valence-electron chi connectivity index (χ4n) is 0.953. The van der Waals surface area contributed by atoms with Gasteiger partial charge in [0.2, 0.25) is 0 Å². The maximum Gasteiger partial charge on any atom is 0.138 e. The minimum absolute atomic E-state index is 0.244. The Morgan fingerprint density at radius 1 is 1.57 bits per heavy atom. The minimum atomic E-state index is -0.507. The number of rotatable bonds is 4. The van der Waals surface area contributed by atoms with Crippen LogP contribution < -0.4 is 4.74 Å². The van der Waals surface area contributed by atoms with Gasteiger partial charge in [0.15, 0.2) is 0 Å². The van der Waals surface area contributed by atoms with Crippen LogP contribution in [0.3, 0.4) is 0 Å². The van der Waals surface area contributed by atoms with E-state index in [-0.39, 0.29) is 6.61 Å². The molecule has 1 N–H and O–H groups in total. The predicted molar refractivity (Wildman–Crippen MR) is 61.5 cm³/mol. The molecule has 0 aliphatic heterocycles. The van der Waals surface area contributed by atoms with Gasteiger partial charge >= 0.3 is 0 Å². The Morgan fingerprint density at radius 3 is 2.86 bits per heavy atom. The molecule has 0 aliphatic rings. The lowest BCUT2D eigenvalue weighted by Crippen LogP contribution is -2.18. The maximum absolute atomic E-state index is 9.25. The summed E-state index contributed by atoms with van der Waals surface area (Å²) in [6.45, 7) is 2.21. The lowest BCUT2D eigenvalue weighted by atomic mass is 10.2. The number of aliphatic hydroxyl groups is 1. The maximum atomic E-state index is 9.25. The Bertz CT molecular complexity index is 304. The average molecular weight is 280 g/mol. The minimum Gasteiger partial charge on any atom is -0.489 e. The van der Waals surface area contributed by atoms with Crippen LogP contribution in [0.25, 0.3) is 0 Å². The van der Waals surface area contributed by atoms with Gasteiger partial charge in [-0.25, -0.2) is 0 Å². The van der Waals surface area contributed by atoms with Crippen molar-refractivity contribution in [2.75, 3.05) is 11.9 Å². The summed E-state index contributed by atoms with van der Waals surface area (Å²) in [4.78, 5) is 0. The highest BCUT2D eigenvalue weighted by Gasteiger charge is 2.05. The normalized spacial score (nSPS) is 12.6. The molecule has 2 nitrogen and oxygen atoms in total. The van der Waals surface area contributed by atoms with Crippen LogP contribution in [0.4, 0.5) is 0 Å². The van der Waals surface area contributed by atoms with Gasteiger partial charge in [-0.15, -0.1) is 0 Å². The quantitative estimate of drug-likeness (QED) is 0.859. The zero-order valence-electron chi connectivity index (χ0n) is 7.84. The van der Waals surface area contributed by atoms with Gasteiger partial charge in [-0.3, -0.25) is 0 Å². The molecule has 1 aromatic carbocycles. The molecule has 0 fully saturated rings. The number of aliphatic hydroxyl groups excluding tert-OH is 1. The largest absolute Gasteiger partial charge is 0.489 e. The van der Waals surface area contributed by atoms with Crippen molar-refractivity contribution in [3.05, 3.63) is 28.8 Å². The van der Waals surface area contributed by atoms with Crippen LogP contribution >= 0.6 is 27.5 Å². The van der Waals surface area contributed by atoms with Crippen molar-refractivity contribution in [1.82, 2.24) is 0 Å². The molecule has 0 aromatic heterocycles. The number of aryl methyl sites for hydroxylation is 1. The fraction of sp³-hybridized carbons (Fsp3) is 0.400. The van der Waals surface area contributed by atoms with Crippen LogP contribution in [-0.2, 0) is 0 Å². The van der Waals surface area contributed by atoms with Crippen molar-refractivity contribution in [2.45, 2.75) is 13.0 Å². The highest BCUT2D eigenvalue weighted by molar-refractivity contribution is 9.09. The van der Waals surface area contributed by atoms with Gasteiger partial charge in [-0.2, -0.15) is 0 Å². The second-order valence-corrected chi connectivity index (χ2v) is 4.11. The van der Waals surface area contributed by atoms with Crippen LogP contribution in [0.1, 0.15) is 5.56 Å². The van der Waals surface area contributed by atoms with Crippen molar-refractivity contribution in [2.24, 2.45) is 0 Å². The van der Waals surface area contributed by atoms with Crippen molar-refractivity contribution in [1.29, 1.82) is 0 Å². The Morgan fingerprint density at radius 2 is 2.29 bits per heavy atom. The fourth-order valence-corrected chi connectivity index (χ4v) is 1.43. The number of alkyl halides is 1. The molecule has 14 heavy (non-hydrogen) atoms. The van der Waals surface area contributed by atoms with Crippen LogP contribution in [0.15, 0.2) is 18.2 Å². The molecule has 4 heteroatoms. The molecule has 1 atom stereocenters. The van der Waals surface area contributed by atoms with Crippen LogP contribution in [0.2, 0.25) is 5.02 Å². The Labute approximate surface area is 97.0 Å². The Balaban J connectivity index is 2.59. The van der Waals surface area contributed by atoms with E-state index in [4.69, 9.17) is 16.3 Å². The molecule has 0 aliphatic carbocycles. The second kappa shape index (κ2) is 5.59. The highest BCUT2D eigenvalue weighted by atomic mass is 79.9. The van der Waals surface area contributed by atoms with Crippen molar-refractivity contribution in [3.8, 4) is 5.75 Å². The topological polar surface area (TPSA) is 29.5 Å². The predicted octanol–water partition coefficient (Wildman–Crippen LogP) is 2.78. The van der Waals surface area contributed by atoms with E-state index in [9.17, 15) is 5.11 Å². The first kappa shape index (κ1) is 11.8. The average Bonchev–Trinajstić information content (AvgIpc) is 2.16. The van der Waals surface area contributed by atoms with Crippen LogP contribution in [0, 0.1) is 6.92 Å². The molecule has 0 spiro atoms. The third-order valence-electron chi connectivity index (χ3n) is 1.70. The Kier molecular flexibility index (Phi) is 4.72. The molecule has 0 radical (unpaired) electrons. The molecular weight excluding hydrogens is 267 g/mol. The zero-order chi connectivity index (χ0) is 10.6. The first-order valence-corrected chi connectivity index (χ1v) is 5.76. The van der Waals surface area contributed by atoms with Crippen LogP contribution in [0.5, 0.6) is 5.75 Å². The monoisotopic (exact) mass is 278 g/mol. The third-order valence-corrected chi connectivity index (χ3v) is 2.74. The van der Waals surface area contributed by atoms with Gasteiger partial charge in [0.25, 0.3) is 0 Å². The SMILES string of the molecule is Cc1ccc(OCC(O)CBr)c(Cl)c1. The molecule has 0 amide bonds. The molecule has 0 saturated carbocycles. The molecule has 1 rings (SSSR count). The van der Waals surface area contributed by atoms with Gasteiger partial charge in [0.1, 0.15) is 12.4 Å². The first-order valence-electron chi connectivity index (χ1n) is 4.26. The van der Waals surface area contributed by atoms with Gasteiger partial charge < -0.3 is 9.84 Å². The van der Waals surface area contributed by atoms with E-state index >= 15 is 0 Å². The summed E-state index contributed by atoms with van der Waals surface area (Å²) in [6.07, 6.45) is -0.507. The number of hydrogen-bond acceptors (Lipinski definition) is 2. The summed E-state index contributed by atoms with van der Waals surface area (Å²) in [7, 11) is 0. The summed E-state index contributed by atoms with van der Waals surface area (Å²) >= 11 is 9.09. The number of hydrogen-bond donors (Lipinski definition) is 1. The summed E-state index contributed by atoms with van der Waals surface area (Å²) in [5, 5.41) is 10.3. The summed E-state index contributed by atoms with van der Waals surface area (Å²) in [6, 6.07) is 5.55. The van der Waals surface area contributed by atoms with E-state index in [2.05, 4.69) is 15.9 Å². The zero-order valence-corrected chi connectivity index (χ0v) is 10.2. The lowest BCUT2D eigenvalue weighted by Gasteiger charge is -2.11. The van der Waals surface area contributed by atoms with Gasteiger partial charge in [0, 0.05) is 5.33 Å². The van der Waals surface area contributed by atoms with Crippen molar-refractivity contribution in [3.63, 3.8) is 0 Å². The highest BCUT2D eigenvalue weighted by Crippen LogP contribution is 2.25. The van der Waals surface area contributed by atoms with Gasteiger partial charge in [0.05, 0.1) is 11.1 Å². The number of ether oxygens (including phenoxy) is 1. The third kappa shape index (κ3) is 3.48. The first-order chi connectivity index (χ1) is 6.63. The number of halogens is 2. The molecule has 0 bridgehead atoms. The summed E-state index contributed by atoms with van der Waals surface area (Å²) in [5.74, 6) is 0.609. The van der Waals surface area contributed by atoms with E-state index < -0.39 is 6.10 Å². The van der Waals surface area contributed by atoms with Crippen LogP contribution in [-0.4, -0.2) is 23.1 Å². The van der Waals surface area contributed by atoms with Gasteiger partial charge in [-0.05, 0) is 24.6 Å². The van der Waals surface area contributed by atoms with Crippen molar-refractivity contribution < 1.29 is 9.84 Å². The molecule has 78 valence electrons. The van der Waals surface area contributed by atoms with E-state index in [0.717, 1.165) is 5.56 Å². The molecular formula is C10H12BrClO2. The standard InChI is InChI=1S/C10H12BrClO2/c1-7-2-3-10(9(12)4-7)14-6-8(13)5-11/h2-4,8,13H,5-6H2,1H3. The van der Waals surface area contributed by atoms with E-state index in [1.807, 2.05) is 19.1 Å². The number of benzene rings is 1. The molecule has 1 unspecified atom stereocenters. The Hall–Kier alpha value is -0.250. The molecule has 0 heterocycles. The molecule has 1 aromatic rings. The van der Waals surface area contributed by atoms with Crippen molar-refractivity contribution >= 4 is 27.5 Å². The lowest BCUT2D eigenvalue weighted by molar-refractivity contribution is 0.127. The molecule has 0 saturated heterocycles.